The number of nitrogens with one attached hydrogen (secondary N) is 1. The fraction of sp³-hybridized carbons (Fsp3) is 0.158. The maximum atomic E-state index is 12.1. The number of nitrogens with zero attached hydrogens (tertiary/aromatic N) is 1. The normalized spacial score (nSPS) is 11.4. The van der Waals surface area contributed by atoms with Crippen molar-refractivity contribution in [3.05, 3.63) is 64.6 Å². The van der Waals surface area contributed by atoms with Crippen molar-refractivity contribution < 1.29 is 17.6 Å². The van der Waals surface area contributed by atoms with E-state index in [-0.39, 0.29) is 17.2 Å². The highest BCUT2D eigenvalue weighted by molar-refractivity contribution is 7.90. The predicted octanol–water partition coefficient (Wildman–Crippen LogP) is 4.62. The molecule has 3 aromatic rings. The number of carbonyl (C=O) groups excluding carboxylic acids is 1. The Bertz CT molecular complexity index is 1110. The number of anilines is 1. The molecule has 0 spiro atoms. The smallest absolute Gasteiger partial charge is 0.224 e. The van der Waals surface area contributed by atoms with Crippen molar-refractivity contribution in [3.63, 3.8) is 0 Å². The molecule has 0 aliphatic carbocycles. The minimum absolute atomic E-state index is 0.155. The molecule has 0 aliphatic rings. The zero-order valence-corrected chi connectivity index (χ0v) is 17.1. The third kappa shape index (κ3) is 5.13. The van der Waals surface area contributed by atoms with Gasteiger partial charge in [0.1, 0.15) is 0 Å². The molecule has 1 aromatic heterocycles. The maximum absolute atomic E-state index is 12.1. The summed E-state index contributed by atoms with van der Waals surface area (Å²) in [4.78, 5) is 16.5. The van der Waals surface area contributed by atoms with E-state index in [1.54, 1.807) is 36.5 Å². The average molecular weight is 439 g/mol. The Morgan fingerprint density at radius 1 is 1.14 bits per heavy atom. The molecule has 0 saturated heterocycles. The van der Waals surface area contributed by atoms with E-state index in [1.165, 1.54) is 12.1 Å². The van der Waals surface area contributed by atoms with Gasteiger partial charge < -0.3 is 9.73 Å². The third-order valence-corrected chi connectivity index (χ3v) is 5.56. The van der Waals surface area contributed by atoms with Gasteiger partial charge in [0.15, 0.2) is 21.5 Å². The van der Waals surface area contributed by atoms with Crippen LogP contribution in [0.2, 0.25) is 10.0 Å². The van der Waals surface area contributed by atoms with E-state index < -0.39 is 9.84 Å². The summed E-state index contributed by atoms with van der Waals surface area (Å²) in [5, 5.41) is 3.68. The van der Waals surface area contributed by atoms with Crippen LogP contribution in [0, 0.1) is 0 Å². The summed E-state index contributed by atoms with van der Waals surface area (Å²) in [6, 6.07) is 11.0. The monoisotopic (exact) mass is 438 g/mol. The van der Waals surface area contributed by atoms with Crippen molar-refractivity contribution in [1.29, 1.82) is 0 Å². The molecule has 0 fully saturated rings. The number of hydrogen-bond donors (Lipinski definition) is 1. The van der Waals surface area contributed by atoms with Crippen molar-refractivity contribution in [3.8, 4) is 11.3 Å². The van der Waals surface area contributed by atoms with E-state index in [0.717, 1.165) is 6.26 Å². The molecule has 0 aliphatic heterocycles. The van der Waals surface area contributed by atoms with Crippen LogP contribution < -0.4 is 5.32 Å². The number of aryl methyl sites for hydroxylation is 1. The van der Waals surface area contributed by atoms with E-state index >= 15 is 0 Å². The van der Waals surface area contributed by atoms with Crippen LogP contribution in [-0.2, 0) is 21.1 Å². The molecule has 3 rings (SSSR count). The lowest BCUT2D eigenvalue weighted by Crippen LogP contribution is -2.12. The minimum atomic E-state index is -3.27. The van der Waals surface area contributed by atoms with Crippen LogP contribution in [-0.4, -0.2) is 25.6 Å². The van der Waals surface area contributed by atoms with Gasteiger partial charge in [-0.1, -0.05) is 23.2 Å². The van der Waals surface area contributed by atoms with Crippen molar-refractivity contribution in [1.82, 2.24) is 4.98 Å². The Labute approximate surface area is 172 Å². The predicted molar refractivity (Wildman–Crippen MR) is 108 cm³/mol. The summed E-state index contributed by atoms with van der Waals surface area (Å²) in [7, 11) is -3.27. The molecule has 2 aromatic carbocycles. The first-order chi connectivity index (χ1) is 13.2. The zero-order chi connectivity index (χ0) is 20.3. The second-order valence-corrected chi connectivity index (χ2v) is 8.95. The minimum Gasteiger partial charge on any atom is -0.441 e. The average Bonchev–Trinajstić information content (AvgIpc) is 3.08. The Hall–Kier alpha value is -2.35. The van der Waals surface area contributed by atoms with Gasteiger partial charge in [-0.15, -0.1) is 0 Å². The molecule has 146 valence electrons. The van der Waals surface area contributed by atoms with E-state index in [0.29, 0.717) is 39.4 Å². The fourth-order valence-electron chi connectivity index (χ4n) is 2.47. The standard InChI is InChI=1S/C19H16Cl2N2O4S/c1-28(25,26)14-5-3-13(4-6-14)23-18(24)8-9-19-22-11-17(27-19)15-7-2-12(20)10-16(15)21/h2-7,10-11H,8-9H2,1H3,(H,23,24). The number of rotatable bonds is 6. The first-order valence-electron chi connectivity index (χ1n) is 8.22. The molecule has 9 heteroatoms. The van der Waals surface area contributed by atoms with Gasteiger partial charge in [0.2, 0.25) is 5.91 Å². The summed E-state index contributed by atoms with van der Waals surface area (Å²) < 4.78 is 28.6. The molecule has 0 unspecified atom stereocenters. The number of benzene rings is 2. The molecule has 0 radical (unpaired) electrons. The first-order valence-corrected chi connectivity index (χ1v) is 10.9. The summed E-state index contributed by atoms with van der Waals surface area (Å²) in [6.45, 7) is 0. The lowest BCUT2D eigenvalue weighted by atomic mass is 10.2. The second-order valence-electron chi connectivity index (χ2n) is 6.09. The summed E-state index contributed by atoms with van der Waals surface area (Å²) >= 11 is 12.0. The largest absolute Gasteiger partial charge is 0.441 e. The SMILES string of the molecule is CS(=O)(=O)c1ccc(NC(=O)CCc2ncc(-c3ccc(Cl)cc3Cl)o2)cc1. The molecule has 6 nitrogen and oxygen atoms in total. The lowest BCUT2D eigenvalue weighted by molar-refractivity contribution is -0.116. The number of sulfone groups is 1. The van der Waals surface area contributed by atoms with Crippen LogP contribution >= 0.6 is 23.2 Å². The molecule has 1 amide bonds. The maximum Gasteiger partial charge on any atom is 0.224 e. The zero-order valence-electron chi connectivity index (χ0n) is 14.8. The van der Waals surface area contributed by atoms with Gasteiger partial charge in [0, 0.05) is 35.4 Å². The Morgan fingerprint density at radius 2 is 1.86 bits per heavy atom. The molecule has 0 bridgehead atoms. The highest BCUT2D eigenvalue weighted by Crippen LogP contribution is 2.30. The van der Waals surface area contributed by atoms with Crippen molar-refractivity contribution in [2.75, 3.05) is 11.6 Å². The Balaban J connectivity index is 1.59. The van der Waals surface area contributed by atoms with Gasteiger partial charge in [-0.05, 0) is 42.5 Å². The van der Waals surface area contributed by atoms with Crippen LogP contribution in [0.4, 0.5) is 5.69 Å². The highest BCUT2D eigenvalue weighted by atomic mass is 35.5. The van der Waals surface area contributed by atoms with Gasteiger partial charge in [0.05, 0.1) is 16.1 Å². The van der Waals surface area contributed by atoms with Gasteiger partial charge >= 0.3 is 0 Å². The molecular weight excluding hydrogens is 423 g/mol. The van der Waals surface area contributed by atoms with Crippen LogP contribution in [0.3, 0.4) is 0 Å². The van der Waals surface area contributed by atoms with E-state index in [2.05, 4.69) is 10.3 Å². The van der Waals surface area contributed by atoms with Crippen LogP contribution in [0.15, 0.2) is 58.0 Å². The number of hydrogen-bond acceptors (Lipinski definition) is 5. The Morgan fingerprint density at radius 3 is 2.50 bits per heavy atom. The second kappa shape index (κ2) is 8.34. The van der Waals surface area contributed by atoms with Crippen molar-refractivity contribution >= 4 is 44.6 Å². The number of halogens is 2. The molecule has 1 heterocycles. The molecule has 0 saturated carbocycles. The fourth-order valence-corrected chi connectivity index (χ4v) is 3.60. The van der Waals surface area contributed by atoms with E-state index in [1.807, 2.05) is 0 Å². The number of amides is 1. The number of oxazole rings is 1. The van der Waals surface area contributed by atoms with Gasteiger partial charge in [-0.2, -0.15) is 0 Å². The summed E-state index contributed by atoms with van der Waals surface area (Å²) in [5.74, 6) is 0.661. The molecule has 1 N–H and O–H groups in total. The Kier molecular flexibility index (Phi) is 6.07. The van der Waals surface area contributed by atoms with Crippen LogP contribution in [0.1, 0.15) is 12.3 Å². The van der Waals surface area contributed by atoms with E-state index in [4.69, 9.17) is 27.6 Å². The number of carbonyl (C=O) groups is 1. The van der Waals surface area contributed by atoms with E-state index in [9.17, 15) is 13.2 Å². The van der Waals surface area contributed by atoms with Gasteiger partial charge in [-0.3, -0.25) is 4.79 Å². The summed E-state index contributed by atoms with van der Waals surface area (Å²) in [6.07, 6.45) is 3.13. The molecule has 28 heavy (non-hydrogen) atoms. The van der Waals surface area contributed by atoms with Gasteiger partial charge in [0.25, 0.3) is 0 Å². The van der Waals surface area contributed by atoms with Crippen LogP contribution in [0.25, 0.3) is 11.3 Å². The lowest BCUT2D eigenvalue weighted by Gasteiger charge is -2.05. The van der Waals surface area contributed by atoms with Crippen molar-refractivity contribution in [2.45, 2.75) is 17.7 Å². The van der Waals surface area contributed by atoms with Gasteiger partial charge in [-0.25, -0.2) is 13.4 Å². The first kappa shape index (κ1) is 20.4. The quantitative estimate of drug-likeness (QED) is 0.605. The third-order valence-electron chi connectivity index (χ3n) is 3.88. The number of aromatic nitrogens is 1. The molecule has 0 atom stereocenters. The van der Waals surface area contributed by atoms with Crippen molar-refractivity contribution in [2.24, 2.45) is 0 Å². The highest BCUT2D eigenvalue weighted by Gasteiger charge is 2.12. The molecular formula is C19H16Cl2N2O4S. The van der Waals surface area contributed by atoms with Crippen LogP contribution in [0.5, 0.6) is 0 Å². The topological polar surface area (TPSA) is 89.3 Å². The summed E-state index contributed by atoms with van der Waals surface area (Å²) in [5.41, 5.74) is 1.18.